The van der Waals surface area contributed by atoms with Gasteiger partial charge in [0.05, 0.1) is 10.6 Å². The van der Waals surface area contributed by atoms with Crippen LogP contribution in [0.4, 0.5) is 0 Å². The molecule has 2 aromatic carbocycles. The number of sulfone groups is 1. The summed E-state index contributed by atoms with van der Waals surface area (Å²) < 4.78 is 24.2. The monoisotopic (exact) mass is 435 g/mol. The molecule has 7 nitrogen and oxygen atoms in total. The number of Topliss-reactive ketones (excluding diaryl/α,β-unsaturated/α-hetero) is 1. The summed E-state index contributed by atoms with van der Waals surface area (Å²) in [6.07, 6.45) is 0.203. The molecule has 0 saturated heterocycles. The second-order valence-electron chi connectivity index (χ2n) is 6.08. The summed E-state index contributed by atoms with van der Waals surface area (Å²) in [6.45, 7) is 2.50. The van der Waals surface area contributed by atoms with Crippen LogP contribution in [0.2, 0.25) is 0 Å². The molecule has 154 valence electrons. The van der Waals surface area contributed by atoms with Gasteiger partial charge in [0.1, 0.15) is 5.71 Å². The molecule has 0 aromatic heterocycles. The predicted molar refractivity (Wildman–Crippen MR) is 110 cm³/mol. The Morgan fingerprint density at radius 1 is 1.00 bits per heavy atom. The fraction of sp³-hybridized carbons (Fsp3) is 0.250. The van der Waals surface area contributed by atoms with Gasteiger partial charge in [0.15, 0.2) is 9.84 Å². The van der Waals surface area contributed by atoms with Crippen LogP contribution in [0.5, 0.6) is 0 Å². The maximum atomic E-state index is 12.2. The number of benzene rings is 2. The van der Waals surface area contributed by atoms with Gasteiger partial charge in [0, 0.05) is 28.9 Å². The lowest BCUT2D eigenvalue weighted by Crippen LogP contribution is -2.11. The van der Waals surface area contributed by atoms with E-state index < -0.39 is 15.8 Å². The summed E-state index contributed by atoms with van der Waals surface area (Å²) in [5.74, 6) is -1.04. The highest BCUT2D eigenvalue weighted by Crippen LogP contribution is 2.29. The summed E-state index contributed by atoms with van der Waals surface area (Å²) in [4.78, 5) is 29.4. The number of carbonyl (C=O) groups excluding carboxylic acids is 2. The Hall–Kier alpha value is -2.49. The normalized spacial score (nSPS) is 11.9. The van der Waals surface area contributed by atoms with Crippen LogP contribution in [0, 0.1) is 0 Å². The third kappa shape index (κ3) is 6.81. The molecule has 0 saturated carbocycles. The number of hydrogen-bond donors (Lipinski definition) is 1. The largest absolute Gasteiger partial charge is 0.396 e. The molecule has 0 amide bonds. The van der Waals surface area contributed by atoms with Gasteiger partial charge in [-0.2, -0.15) is 0 Å². The van der Waals surface area contributed by atoms with Gasteiger partial charge >= 0.3 is 5.97 Å². The number of oxime groups is 1. The van der Waals surface area contributed by atoms with E-state index in [2.05, 4.69) is 9.99 Å². The number of nitrogens with zero attached hydrogens (tertiary/aromatic N) is 1. The van der Waals surface area contributed by atoms with Gasteiger partial charge in [-0.1, -0.05) is 16.9 Å². The number of rotatable bonds is 9. The van der Waals surface area contributed by atoms with E-state index in [9.17, 15) is 18.0 Å². The van der Waals surface area contributed by atoms with E-state index in [-0.39, 0.29) is 35.2 Å². The van der Waals surface area contributed by atoms with Gasteiger partial charge in [-0.25, -0.2) is 13.2 Å². The van der Waals surface area contributed by atoms with E-state index in [1.54, 1.807) is 48.5 Å². The Morgan fingerprint density at radius 2 is 1.55 bits per heavy atom. The lowest BCUT2D eigenvalue weighted by molar-refractivity contribution is -0.140. The highest BCUT2D eigenvalue weighted by molar-refractivity contribution is 7.99. The zero-order chi connectivity index (χ0) is 21.4. The van der Waals surface area contributed by atoms with Gasteiger partial charge in [-0.15, -0.1) is 0 Å². The summed E-state index contributed by atoms with van der Waals surface area (Å²) in [5.41, 5.74) is 0.478. The molecule has 2 aromatic rings. The first-order chi connectivity index (χ1) is 13.7. The molecule has 0 unspecified atom stereocenters. The van der Waals surface area contributed by atoms with Crippen molar-refractivity contribution in [2.75, 3.05) is 12.4 Å². The van der Waals surface area contributed by atoms with Gasteiger partial charge < -0.3 is 9.94 Å². The van der Waals surface area contributed by atoms with E-state index in [4.69, 9.17) is 5.11 Å². The highest BCUT2D eigenvalue weighted by Gasteiger charge is 2.14. The smallest absolute Gasteiger partial charge is 0.331 e. The topological polar surface area (TPSA) is 110 Å². The predicted octanol–water partition coefficient (Wildman–Crippen LogP) is 3.12. The minimum Gasteiger partial charge on any atom is -0.396 e. The zero-order valence-corrected chi connectivity index (χ0v) is 17.6. The number of ketones is 1. The maximum Gasteiger partial charge on any atom is 0.331 e. The van der Waals surface area contributed by atoms with Crippen LogP contribution in [0.1, 0.15) is 30.6 Å². The number of aliphatic hydroxyl groups excluding tert-OH is 1. The van der Waals surface area contributed by atoms with Gasteiger partial charge in [0.2, 0.25) is 5.78 Å². The Balaban J connectivity index is 2.05. The van der Waals surface area contributed by atoms with Crippen molar-refractivity contribution in [1.82, 2.24) is 0 Å². The average Bonchev–Trinajstić information content (AvgIpc) is 2.71. The van der Waals surface area contributed by atoms with E-state index in [1.165, 1.54) is 25.6 Å². The lowest BCUT2D eigenvalue weighted by Gasteiger charge is -2.06. The van der Waals surface area contributed by atoms with Crippen molar-refractivity contribution in [2.45, 2.75) is 35.0 Å². The molecular formula is C20H21NO6S2. The molecule has 0 aliphatic rings. The minimum atomic E-state index is -3.39. The standard InChI is InChI=1S/C20H21NO6S2/c1-14(21-27-15(2)23)20(24)16-4-6-17(7-5-16)28-18-8-10-19(11-9-18)29(25,26)13-3-12-22/h4-11,22H,3,12-13H2,1-2H3. The van der Waals surface area contributed by atoms with E-state index in [1.807, 2.05) is 0 Å². The Labute approximate surface area is 173 Å². The molecule has 29 heavy (non-hydrogen) atoms. The van der Waals surface area contributed by atoms with Crippen molar-refractivity contribution >= 4 is 39.1 Å². The van der Waals surface area contributed by atoms with Crippen LogP contribution < -0.4 is 0 Å². The van der Waals surface area contributed by atoms with Crippen molar-refractivity contribution in [1.29, 1.82) is 0 Å². The third-order valence-electron chi connectivity index (χ3n) is 3.75. The molecular weight excluding hydrogens is 414 g/mol. The molecule has 0 aliphatic carbocycles. The third-order valence-corrected chi connectivity index (χ3v) is 6.58. The molecule has 9 heteroatoms. The van der Waals surface area contributed by atoms with Gasteiger partial charge in [-0.3, -0.25) is 4.79 Å². The summed E-state index contributed by atoms with van der Waals surface area (Å²) in [7, 11) is -3.39. The second kappa shape index (κ2) is 10.3. The van der Waals surface area contributed by atoms with Crippen molar-refractivity contribution < 1.29 is 28.0 Å². The minimum absolute atomic E-state index is 0.0681. The van der Waals surface area contributed by atoms with Gasteiger partial charge in [0.25, 0.3) is 0 Å². The van der Waals surface area contributed by atoms with Crippen LogP contribution in [0.25, 0.3) is 0 Å². The zero-order valence-electron chi connectivity index (χ0n) is 16.0. The first-order valence-corrected chi connectivity index (χ1v) is 11.2. The van der Waals surface area contributed by atoms with Crippen molar-refractivity contribution in [3.05, 3.63) is 54.1 Å². The Bertz CT molecular complexity index is 996. The Kier molecular flexibility index (Phi) is 8.12. The van der Waals surface area contributed by atoms with Crippen molar-refractivity contribution in [2.24, 2.45) is 5.16 Å². The fourth-order valence-corrected chi connectivity index (χ4v) is 4.39. The van der Waals surface area contributed by atoms with Crippen molar-refractivity contribution in [3.8, 4) is 0 Å². The number of hydrogen-bond acceptors (Lipinski definition) is 8. The highest BCUT2D eigenvalue weighted by atomic mass is 32.2. The van der Waals surface area contributed by atoms with Crippen LogP contribution in [0.3, 0.4) is 0 Å². The SMILES string of the molecule is CC(=O)ON=C(C)C(=O)c1ccc(Sc2ccc(S(=O)(=O)CCCO)cc2)cc1. The molecule has 0 bridgehead atoms. The molecule has 0 spiro atoms. The number of aliphatic hydroxyl groups is 1. The molecule has 1 N–H and O–H groups in total. The van der Waals surface area contributed by atoms with E-state index >= 15 is 0 Å². The summed E-state index contributed by atoms with van der Waals surface area (Å²) in [6, 6.07) is 13.3. The fourth-order valence-electron chi connectivity index (χ4n) is 2.28. The van der Waals surface area contributed by atoms with E-state index in [0.29, 0.717) is 5.56 Å². The summed E-state index contributed by atoms with van der Waals surface area (Å²) >= 11 is 1.42. The van der Waals surface area contributed by atoms with Crippen LogP contribution >= 0.6 is 11.8 Å². The van der Waals surface area contributed by atoms with E-state index in [0.717, 1.165) is 9.79 Å². The molecule has 0 fully saturated rings. The van der Waals surface area contributed by atoms with Gasteiger partial charge in [-0.05, 0) is 61.9 Å². The molecule has 0 aliphatic heterocycles. The molecule has 0 radical (unpaired) electrons. The van der Waals surface area contributed by atoms with Crippen LogP contribution in [0.15, 0.2) is 68.4 Å². The summed E-state index contributed by atoms with van der Waals surface area (Å²) in [5, 5.41) is 12.3. The number of carbonyl (C=O) groups is 2. The van der Waals surface area contributed by atoms with Crippen LogP contribution in [-0.4, -0.2) is 43.3 Å². The molecule has 2 rings (SSSR count). The quantitative estimate of drug-likeness (QED) is 0.279. The Morgan fingerprint density at radius 3 is 2.07 bits per heavy atom. The maximum absolute atomic E-state index is 12.2. The molecule has 0 heterocycles. The van der Waals surface area contributed by atoms with Crippen molar-refractivity contribution in [3.63, 3.8) is 0 Å². The first kappa shape index (κ1) is 22.8. The lowest BCUT2D eigenvalue weighted by atomic mass is 10.1. The average molecular weight is 436 g/mol. The second-order valence-corrected chi connectivity index (χ2v) is 9.34. The first-order valence-electron chi connectivity index (χ1n) is 8.71. The molecule has 0 atom stereocenters. The van der Waals surface area contributed by atoms with Crippen LogP contribution in [-0.2, 0) is 19.5 Å².